The molecule has 2 heterocycles. The van der Waals surface area contributed by atoms with Crippen molar-refractivity contribution in [2.75, 3.05) is 5.75 Å². The summed E-state index contributed by atoms with van der Waals surface area (Å²) in [5.41, 5.74) is 1.08. The van der Waals surface area contributed by atoms with Crippen molar-refractivity contribution in [3.8, 4) is 11.4 Å². The highest BCUT2D eigenvalue weighted by molar-refractivity contribution is 7.99. The van der Waals surface area contributed by atoms with E-state index in [1.54, 1.807) is 12.4 Å². The molecule has 0 atom stereocenters. The number of amides is 1. The van der Waals surface area contributed by atoms with Crippen LogP contribution in [0, 0.1) is 17.8 Å². The van der Waals surface area contributed by atoms with Crippen LogP contribution in [0.2, 0.25) is 0 Å². The molecular formula is C22H29N5OS. The number of hydrogen-bond acceptors (Lipinski definition) is 5. The first-order chi connectivity index (χ1) is 14.1. The van der Waals surface area contributed by atoms with Crippen molar-refractivity contribution in [1.29, 1.82) is 0 Å². The molecule has 1 N–H and O–H groups in total. The summed E-state index contributed by atoms with van der Waals surface area (Å²) in [5, 5.41) is 13.1. The zero-order valence-corrected chi connectivity index (χ0v) is 17.8. The van der Waals surface area contributed by atoms with Crippen LogP contribution in [0.1, 0.15) is 51.9 Å². The van der Waals surface area contributed by atoms with Crippen molar-refractivity contribution in [3.05, 3.63) is 24.5 Å². The number of aromatic nitrogens is 4. The van der Waals surface area contributed by atoms with Crippen LogP contribution in [-0.4, -0.2) is 36.9 Å². The molecule has 0 aromatic carbocycles. The Morgan fingerprint density at radius 2 is 1.79 bits per heavy atom. The van der Waals surface area contributed by atoms with E-state index in [0.717, 1.165) is 47.3 Å². The summed E-state index contributed by atoms with van der Waals surface area (Å²) in [4.78, 5) is 16.9. The number of rotatable bonds is 7. The SMILES string of the molecule is CCCn1c(SCC(=O)NC23CC4CC(CC(C4)C2)C3)nnc1-c1ccncc1. The number of hydrogen-bond donors (Lipinski definition) is 1. The molecule has 4 bridgehead atoms. The van der Waals surface area contributed by atoms with E-state index in [2.05, 4.69) is 32.0 Å². The first-order valence-corrected chi connectivity index (χ1v) is 11.9. The maximum Gasteiger partial charge on any atom is 0.230 e. The molecule has 29 heavy (non-hydrogen) atoms. The zero-order chi connectivity index (χ0) is 19.8. The zero-order valence-electron chi connectivity index (χ0n) is 17.0. The molecule has 0 aliphatic heterocycles. The van der Waals surface area contributed by atoms with Crippen LogP contribution >= 0.6 is 11.8 Å². The normalized spacial score (nSPS) is 29.9. The van der Waals surface area contributed by atoms with E-state index in [0.29, 0.717) is 5.75 Å². The minimum atomic E-state index is 0.0751. The van der Waals surface area contributed by atoms with Gasteiger partial charge in [0, 0.05) is 30.0 Å². The number of pyridine rings is 1. The van der Waals surface area contributed by atoms with Gasteiger partial charge < -0.3 is 9.88 Å². The van der Waals surface area contributed by atoms with Gasteiger partial charge in [-0.25, -0.2) is 0 Å². The summed E-state index contributed by atoms with van der Waals surface area (Å²) in [6, 6.07) is 3.90. The Morgan fingerprint density at radius 3 is 2.41 bits per heavy atom. The fraction of sp³-hybridized carbons (Fsp3) is 0.636. The topological polar surface area (TPSA) is 72.7 Å². The van der Waals surface area contributed by atoms with Crippen LogP contribution in [-0.2, 0) is 11.3 Å². The van der Waals surface area contributed by atoms with E-state index in [-0.39, 0.29) is 11.4 Å². The van der Waals surface area contributed by atoms with Crippen molar-refractivity contribution >= 4 is 17.7 Å². The van der Waals surface area contributed by atoms with Crippen molar-refractivity contribution < 1.29 is 4.79 Å². The highest BCUT2D eigenvalue weighted by Crippen LogP contribution is 2.55. The van der Waals surface area contributed by atoms with E-state index < -0.39 is 0 Å². The lowest BCUT2D eigenvalue weighted by Gasteiger charge is -2.56. The Hall–Kier alpha value is -1.89. The number of nitrogens with one attached hydrogen (secondary N) is 1. The van der Waals surface area contributed by atoms with Crippen molar-refractivity contribution in [2.45, 2.75) is 69.1 Å². The van der Waals surface area contributed by atoms with Crippen LogP contribution < -0.4 is 5.32 Å². The fourth-order valence-electron chi connectivity index (χ4n) is 6.26. The highest BCUT2D eigenvalue weighted by Gasteiger charge is 2.51. The summed E-state index contributed by atoms with van der Waals surface area (Å²) >= 11 is 1.50. The molecule has 4 saturated carbocycles. The van der Waals surface area contributed by atoms with Crippen molar-refractivity contribution in [3.63, 3.8) is 0 Å². The molecule has 2 aromatic rings. The average molecular weight is 412 g/mol. The third-order valence-corrected chi connectivity index (χ3v) is 7.84. The monoisotopic (exact) mass is 411 g/mol. The van der Waals surface area contributed by atoms with Gasteiger partial charge in [-0.1, -0.05) is 18.7 Å². The maximum absolute atomic E-state index is 12.8. The van der Waals surface area contributed by atoms with Crippen LogP contribution in [0.3, 0.4) is 0 Å². The fourth-order valence-corrected chi connectivity index (χ4v) is 7.03. The lowest BCUT2D eigenvalue weighted by Crippen LogP contribution is -2.60. The first-order valence-electron chi connectivity index (χ1n) is 10.9. The van der Waals surface area contributed by atoms with Crippen molar-refractivity contribution in [2.24, 2.45) is 17.8 Å². The van der Waals surface area contributed by atoms with Gasteiger partial charge in [0.25, 0.3) is 0 Å². The average Bonchev–Trinajstić information content (AvgIpc) is 3.08. The van der Waals surface area contributed by atoms with Crippen LogP contribution in [0.15, 0.2) is 29.7 Å². The molecule has 2 aromatic heterocycles. The van der Waals surface area contributed by atoms with Gasteiger partial charge in [0.15, 0.2) is 11.0 Å². The lowest BCUT2D eigenvalue weighted by atomic mass is 9.53. The van der Waals surface area contributed by atoms with Crippen LogP contribution in [0.4, 0.5) is 0 Å². The predicted molar refractivity (Wildman–Crippen MR) is 113 cm³/mol. The molecule has 4 aliphatic carbocycles. The summed E-state index contributed by atoms with van der Waals surface area (Å²) in [7, 11) is 0. The molecule has 6 rings (SSSR count). The van der Waals surface area contributed by atoms with Gasteiger partial charge >= 0.3 is 0 Å². The van der Waals surface area contributed by atoms with Gasteiger partial charge in [0.1, 0.15) is 0 Å². The van der Waals surface area contributed by atoms with Gasteiger partial charge in [0.2, 0.25) is 5.91 Å². The highest BCUT2D eigenvalue weighted by atomic mass is 32.2. The molecule has 0 unspecified atom stereocenters. The summed E-state index contributed by atoms with van der Waals surface area (Å²) in [5.74, 6) is 3.91. The van der Waals surface area contributed by atoms with Crippen LogP contribution in [0.25, 0.3) is 11.4 Å². The second-order valence-electron chi connectivity index (χ2n) is 9.23. The number of nitrogens with zero attached hydrogens (tertiary/aromatic N) is 4. The summed E-state index contributed by atoms with van der Waals surface area (Å²) < 4.78 is 2.12. The molecule has 4 fully saturated rings. The Morgan fingerprint density at radius 1 is 1.14 bits per heavy atom. The molecular weight excluding hydrogens is 382 g/mol. The standard InChI is InChI=1S/C22H29N5OS/c1-2-7-27-20(18-3-5-23-6-4-18)25-26-21(27)29-14-19(28)24-22-11-15-8-16(12-22)10-17(9-15)13-22/h3-6,15-17H,2,7-14H2,1H3,(H,24,28). The Kier molecular flexibility index (Phi) is 5.10. The molecule has 6 nitrogen and oxygen atoms in total. The second-order valence-corrected chi connectivity index (χ2v) is 10.2. The van der Waals surface area contributed by atoms with Crippen molar-refractivity contribution in [1.82, 2.24) is 25.1 Å². The predicted octanol–water partition coefficient (Wildman–Crippen LogP) is 3.93. The Bertz CT molecular complexity index is 845. The van der Waals surface area contributed by atoms with Gasteiger partial charge in [-0.3, -0.25) is 9.78 Å². The maximum atomic E-state index is 12.8. The number of thioether (sulfide) groups is 1. The minimum Gasteiger partial charge on any atom is -0.350 e. The Labute approximate surface area is 176 Å². The smallest absolute Gasteiger partial charge is 0.230 e. The third-order valence-electron chi connectivity index (χ3n) is 6.88. The number of carbonyl (C=O) groups excluding carboxylic acids is 1. The quantitative estimate of drug-likeness (QED) is 0.699. The summed E-state index contributed by atoms with van der Waals surface area (Å²) in [6.45, 7) is 2.98. The third kappa shape index (κ3) is 3.81. The largest absolute Gasteiger partial charge is 0.350 e. The molecule has 1 amide bonds. The molecule has 0 saturated heterocycles. The molecule has 0 radical (unpaired) electrons. The van der Waals surface area contributed by atoms with Crippen LogP contribution in [0.5, 0.6) is 0 Å². The molecule has 154 valence electrons. The lowest BCUT2D eigenvalue weighted by molar-refractivity contribution is -0.124. The number of carbonyl (C=O) groups is 1. The van der Waals surface area contributed by atoms with E-state index >= 15 is 0 Å². The first kappa shape index (κ1) is 19.1. The van der Waals surface area contributed by atoms with Gasteiger partial charge in [0.05, 0.1) is 5.75 Å². The van der Waals surface area contributed by atoms with E-state index in [9.17, 15) is 4.79 Å². The van der Waals surface area contributed by atoms with E-state index in [1.807, 2.05) is 12.1 Å². The van der Waals surface area contributed by atoms with E-state index in [4.69, 9.17) is 0 Å². The molecule has 7 heteroatoms. The summed E-state index contributed by atoms with van der Waals surface area (Å²) in [6.07, 6.45) is 12.3. The molecule has 4 aliphatic rings. The minimum absolute atomic E-state index is 0.0751. The second kappa shape index (κ2) is 7.74. The molecule has 0 spiro atoms. The van der Waals surface area contributed by atoms with Gasteiger partial charge in [-0.15, -0.1) is 10.2 Å². The van der Waals surface area contributed by atoms with Gasteiger partial charge in [-0.05, 0) is 74.8 Å². The van der Waals surface area contributed by atoms with Gasteiger partial charge in [-0.2, -0.15) is 0 Å². The Balaban J connectivity index is 1.26. The van der Waals surface area contributed by atoms with E-state index in [1.165, 1.54) is 50.3 Å².